The second kappa shape index (κ2) is 11.0. The second-order valence-corrected chi connectivity index (χ2v) is 8.53. The molecule has 0 bridgehead atoms. The molecule has 0 spiro atoms. The molecular formula is C25H34FN5O2. The van der Waals surface area contributed by atoms with E-state index in [4.69, 9.17) is 14.3 Å². The van der Waals surface area contributed by atoms with E-state index in [-0.39, 0.29) is 5.82 Å². The number of benzene rings is 1. The first-order valence-corrected chi connectivity index (χ1v) is 11.6. The fraction of sp³-hybridized carbons (Fsp3) is 0.480. The van der Waals surface area contributed by atoms with Crippen LogP contribution in [0.4, 0.5) is 10.2 Å². The molecule has 1 saturated heterocycles. The summed E-state index contributed by atoms with van der Waals surface area (Å²) in [7, 11) is 1.73. The van der Waals surface area contributed by atoms with E-state index in [1.165, 1.54) is 17.7 Å². The number of hydrogen-bond donors (Lipinski definition) is 0. The van der Waals surface area contributed by atoms with E-state index >= 15 is 0 Å². The van der Waals surface area contributed by atoms with Gasteiger partial charge >= 0.3 is 0 Å². The van der Waals surface area contributed by atoms with Gasteiger partial charge in [0.25, 0.3) is 0 Å². The van der Waals surface area contributed by atoms with Crippen LogP contribution in [0.3, 0.4) is 0 Å². The van der Waals surface area contributed by atoms with Gasteiger partial charge in [-0.25, -0.2) is 9.07 Å². The number of hydrogen-bond acceptors (Lipinski definition) is 6. The summed E-state index contributed by atoms with van der Waals surface area (Å²) in [6.45, 7) is 12.2. The Hall–Kier alpha value is -2.68. The number of halogens is 1. The fourth-order valence-electron chi connectivity index (χ4n) is 4.39. The molecule has 0 N–H and O–H groups in total. The van der Waals surface area contributed by atoms with Crippen molar-refractivity contribution in [1.82, 2.24) is 19.6 Å². The molecule has 0 aliphatic carbocycles. The Balaban J connectivity index is 1.68. The summed E-state index contributed by atoms with van der Waals surface area (Å²) in [6.07, 6.45) is 3.50. The molecule has 33 heavy (non-hydrogen) atoms. The number of anilines is 1. The predicted octanol–water partition coefficient (Wildman–Crippen LogP) is 3.70. The minimum absolute atomic E-state index is 0.244. The van der Waals surface area contributed by atoms with E-state index in [1.807, 2.05) is 10.7 Å². The summed E-state index contributed by atoms with van der Waals surface area (Å²) in [4.78, 5) is 7.25. The molecule has 0 amide bonds. The molecule has 1 aliphatic rings. The Bertz CT molecular complexity index is 995. The molecule has 1 aromatic carbocycles. The summed E-state index contributed by atoms with van der Waals surface area (Å²) in [5, 5.41) is 4.92. The Labute approximate surface area is 195 Å². The van der Waals surface area contributed by atoms with Crippen LogP contribution in [0, 0.1) is 12.7 Å². The van der Waals surface area contributed by atoms with Gasteiger partial charge in [0, 0.05) is 64.0 Å². The highest BCUT2D eigenvalue weighted by Gasteiger charge is 2.26. The summed E-state index contributed by atoms with van der Waals surface area (Å²) in [5.41, 5.74) is 4.19. The Kier molecular flexibility index (Phi) is 7.80. The third kappa shape index (κ3) is 5.63. The van der Waals surface area contributed by atoms with Gasteiger partial charge in [0.05, 0.1) is 30.5 Å². The van der Waals surface area contributed by atoms with Gasteiger partial charge in [-0.05, 0) is 43.8 Å². The first-order chi connectivity index (χ1) is 16.1. The van der Waals surface area contributed by atoms with Crippen molar-refractivity contribution in [2.24, 2.45) is 0 Å². The zero-order chi connectivity index (χ0) is 23.2. The van der Waals surface area contributed by atoms with Gasteiger partial charge in [0.15, 0.2) is 0 Å². The lowest BCUT2D eigenvalue weighted by Gasteiger charge is -2.36. The molecule has 3 aromatic rings. The molecule has 8 heteroatoms. The number of piperazine rings is 1. The van der Waals surface area contributed by atoms with E-state index in [0.717, 1.165) is 75.1 Å². The number of likely N-dealkylation sites (N-methyl/N-ethyl adjacent to an activating group) is 1. The smallest absolute Gasteiger partial charge is 0.137 e. The number of ether oxygens (including phenoxy) is 1. The SMILES string of the molecule is CCN1CCN(c2c(CN(CCOC)Cc3ccoc3)c(C)nn2-c2ccc(F)cc2)CC1. The standard InChI is InChI=1S/C25H34FN5O2/c1-4-28-10-12-30(13-11-28)25-24(18-29(14-16-32-3)17-21-9-15-33-19-21)20(2)27-31(25)23-7-5-22(26)6-8-23/h5-9,15,19H,4,10-14,16-18H2,1-3H3. The minimum atomic E-state index is -0.244. The van der Waals surface area contributed by atoms with Gasteiger partial charge in [0.1, 0.15) is 11.6 Å². The van der Waals surface area contributed by atoms with Crippen molar-refractivity contribution in [3.63, 3.8) is 0 Å². The topological polar surface area (TPSA) is 49.9 Å². The van der Waals surface area contributed by atoms with Crippen molar-refractivity contribution in [2.75, 3.05) is 57.9 Å². The van der Waals surface area contributed by atoms with Gasteiger partial charge in [-0.1, -0.05) is 6.92 Å². The van der Waals surface area contributed by atoms with E-state index in [2.05, 4.69) is 28.5 Å². The molecule has 0 unspecified atom stereocenters. The van der Waals surface area contributed by atoms with Crippen molar-refractivity contribution in [3.05, 3.63) is 65.5 Å². The third-order valence-electron chi connectivity index (χ3n) is 6.33. The van der Waals surface area contributed by atoms with Crippen LogP contribution >= 0.6 is 0 Å². The molecule has 0 atom stereocenters. The fourth-order valence-corrected chi connectivity index (χ4v) is 4.39. The van der Waals surface area contributed by atoms with Gasteiger partial charge < -0.3 is 19.0 Å². The molecule has 3 heterocycles. The van der Waals surface area contributed by atoms with Crippen LogP contribution in [0.1, 0.15) is 23.7 Å². The Morgan fingerprint density at radius 1 is 1.09 bits per heavy atom. The van der Waals surface area contributed by atoms with Crippen LogP contribution in [0.2, 0.25) is 0 Å². The maximum absolute atomic E-state index is 13.6. The largest absolute Gasteiger partial charge is 0.472 e. The molecule has 0 radical (unpaired) electrons. The minimum Gasteiger partial charge on any atom is -0.472 e. The number of furan rings is 1. The van der Waals surface area contributed by atoms with E-state index in [1.54, 1.807) is 31.8 Å². The van der Waals surface area contributed by atoms with E-state index in [0.29, 0.717) is 6.61 Å². The number of aryl methyl sites for hydroxylation is 1. The number of methoxy groups -OCH3 is 1. The van der Waals surface area contributed by atoms with Crippen molar-refractivity contribution in [2.45, 2.75) is 26.9 Å². The molecule has 178 valence electrons. The van der Waals surface area contributed by atoms with Crippen molar-refractivity contribution < 1.29 is 13.5 Å². The van der Waals surface area contributed by atoms with Crippen LogP contribution in [0.15, 0.2) is 47.3 Å². The quantitative estimate of drug-likeness (QED) is 0.465. The average Bonchev–Trinajstić information content (AvgIpc) is 3.46. The van der Waals surface area contributed by atoms with Gasteiger partial charge in [-0.15, -0.1) is 0 Å². The normalized spacial score (nSPS) is 15.0. The van der Waals surface area contributed by atoms with Crippen molar-refractivity contribution in [3.8, 4) is 5.69 Å². The van der Waals surface area contributed by atoms with Crippen molar-refractivity contribution in [1.29, 1.82) is 0 Å². The summed E-state index contributed by atoms with van der Waals surface area (Å²) in [5.74, 6) is 0.858. The molecule has 1 aliphatic heterocycles. The second-order valence-electron chi connectivity index (χ2n) is 8.53. The first kappa shape index (κ1) is 23.5. The first-order valence-electron chi connectivity index (χ1n) is 11.6. The van der Waals surface area contributed by atoms with Crippen LogP contribution in [-0.4, -0.2) is 72.6 Å². The molecule has 0 saturated carbocycles. The highest BCUT2D eigenvalue weighted by Crippen LogP contribution is 2.30. The maximum Gasteiger partial charge on any atom is 0.137 e. The zero-order valence-corrected chi connectivity index (χ0v) is 19.8. The zero-order valence-electron chi connectivity index (χ0n) is 19.8. The molecule has 1 fully saturated rings. The van der Waals surface area contributed by atoms with E-state index < -0.39 is 0 Å². The number of nitrogens with zero attached hydrogens (tertiary/aromatic N) is 5. The third-order valence-corrected chi connectivity index (χ3v) is 6.33. The lowest BCUT2D eigenvalue weighted by atomic mass is 10.1. The Morgan fingerprint density at radius 3 is 2.48 bits per heavy atom. The lowest BCUT2D eigenvalue weighted by molar-refractivity contribution is 0.140. The monoisotopic (exact) mass is 455 g/mol. The molecule has 4 rings (SSSR count). The number of rotatable bonds is 10. The highest BCUT2D eigenvalue weighted by molar-refractivity contribution is 5.55. The summed E-state index contributed by atoms with van der Waals surface area (Å²) < 4.78 is 26.3. The van der Waals surface area contributed by atoms with Crippen LogP contribution in [-0.2, 0) is 17.8 Å². The molecular weight excluding hydrogens is 421 g/mol. The Morgan fingerprint density at radius 2 is 1.85 bits per heavy atom. The van der Waals surface area contributed by atoms with Crippen LogP contribution in [0.25, 0.3) is 5.69 Å². The van der Waals surface area contributed by atoms with Gasteiger partial charge in [-0.3, -0.25) is 4.90 Å². The lowest BCUT2D eigenvalue weighted by Crippen LogP contribution is -2.47. The predicted molar refractivity (Wildman–Crippen MR) is 127 cm³/mol. The maximum atomic E-state index is 13.6. The molecule has 7 nitrogen and oxygen atoms in total. The van der Waals surface area contributed by atoms with Gasteiger partial charge in [0.2, 0.25) is 0 Å². The van der Waals surface area contributed by atoms with Crippen LogP contribution in [0.5, 0.6) is 0 Å². The average molecular weight is 456 g/mol. The summed E-state index contributed by atoms with van der Waals surface area (Å²) >= 11 is 0. The molecule has 2 aromatic heterocycles. The van der Waals surface area contributed by atoms with Crippen molar-refractivity contribution >= 4 is 5.82 Å². The summed E-state index contributed by atoms with van der Waals surface area (Å²) in [6, 6.07) is 8.58. The number of aromatic nitrogens is 2. The highest BCUT2D eigenvalue weighted by atomic mass is 19.1. The van der Waals surface area contributed by atoms with Gasteiger partial charge in [-0.2, -0.15) is 5.10 Å². The van der Waals surface area contributed by atoms with Crippen LogP contribution < -0.4 is 4.90 Å². The van der Waals surface area contributed by atoms with E-state index in [9.17, 15) is 4.39 Å².